The van der Waals surface area contributed by atoms with Gasteiger partial charge >= 0.3 is 0 Å². The summed E-state index contributed by atoms with van der Waals surface area (Å²) >= 11 is 0. The van der Waals surface area contributed by atoms with Gasteiger partial charge in [-0.3, -0.25) is 0 Å². The van der Waals surface area contributed by atoms with E-state index in [1.165, 1.54) is 0 Å². The van der Waals surface area contributed by atoms with E-state index in [0.717, 1.165) is 19.4 Å². The molecule has 2 aromatic rings. The molecule has 1 saturated heterocycles. The van der Waals surface area contributed by atoms with Crippen molar-refractivity contribution >= 4 is 0 Å². The molecule has 0 aliphatic carbocycles. The molecule has 3 rings (SSSR count). The van der Waals surface area contributed by atoms with Crippen molar-refractivity contribution in [1.29, 1.82) is 5.26 Å². The van der Waals surface area contributed by atoms with Crippen LogP contribution in [0.3, 0.4) is 0 Å². The van der Waals surface area contributed by atoms with Crippen molar-refractivity contribution in [2.75, 3.05) is 6.61 Å². The van der Waals surface area contributed by atoms with Crippen LogP contribution >= 0.6 is 0 Å². The average Bonchev–Trinajstić information content (AvgIpc) is 3.14. The van der Waals surface area contributed by atoms with Crippen LogP contribution in [-0.2, 0) is 17.6 Å². The molecule has 3 heterocycles. The predicted molar refractivity (Wildman–Crippen MR) is 65.7 cm³/mol. The number of nitriles is 1. The molecule has 1 aliphatic heterocycles. The molecule has 0 aromatic carbocycles. The Labute approximate surface area is 115 Å². The Kier molecular flexibility index (Phi) is 3.48. The molecule has 0 radical (unpaired) electrons. The Hall–Kier alpha value is -2.20. The van der Waals surface area contributed by atoms with Crippen LogP contribution in [0, 0.1) is 18.3 Å². The first-order chi connectivity index (χ1) is 9.76. The summed E-state index contributed by atoms with van der Waals surface area (Å²) in [6.45, 7) is 2.50. The molecule has 7 nitrogen and oxygen atoms in total. The fourth-order valence-corrected chi connectivity index (χ4v) is 2.28. The maximum Gasteiger partial charge on any atom is 0.232 e. The maximum atomic E-state index is 9.03. The van der Waals surface area contributed by atoms with Crippen LogP contribution in [0.1, 0.15) is 41.6 Å². The van der Waals surface area contributed by atoms with Crippen molar-refractivity contribution in [3.8, 4) is 6.07 Å². The van der Waals surface area contributed by atoms with Gasteiger partial charge in [-0.15, -0.1) is 0 Å². The standard InChI is InChI=1S/C13H14N4O3/c1-8-10(7-14)11(16-19-8)6-13-15-12(17-20-13)5-9-3-2-4-18-9/h9H,2-6H2,1H3. The number of rotatable bonds is 4. The number of hydrogen-bond donors (Lipinski definition) is 0. The number of ether oxygens (including phenoxy) is 1. The fraction of sp³-hybridized carbons (Fsp3) is 0.538. The summed E-state index contributed by atoms with van der Waals surface area (Å²) in [7, 11) is 0. The van der Waals surface area contributed by atoms with Crippen molar-refractivity contribution in [2.45, 2.75) is 38.7 Å². The van der Waals surface area contributed by atoms with E-state index in [-0.39, 0.29) is 6.10 Å². The molecule has 1 atom stereocenters. The van der Waals surface area contributed by atoms with Gasteiger partial charge in [-0.25, -0.2) is 0 Å². The molecule has 0 amide bonds. The van der Waals surface area contributed by atoms with Crippen molar-refractivity contribution < 1.29 is 13.8 Å². The molecule has 20 heavy (non-hydrogen) atoms. The fourth-order valence-electron chi connectivity index (χ4n) is 2.28. The van der Waals surface area contributed by atoms with E-state index in [9.17, 15) is 0 Å². The van der Waals surface area contributed by atoms with E-state index >= 15 is 0 Å². The van der Waals surface area contributed by atoms with Crippen molar-refractivity contribution in [3.63, 3.8) is 0 Å². The van der Waals surface area contributed by atoms with Gasteiger partial charge in [0.25, 0.3) is 0 Å². The van der Waals surface area contributed by atoms with Crippen LogP contribution in [-0.4, -0.2) is 28.0 Å². The van der Waals surface area contributed by atoms with E-state index < -0.39 is 0 Å². The summed E-state index contributed by atoms with van der Waals surface area (Å²) in [6, 6.07) is 2.06. The molecule has 1 fully saturated rings. The lowest BCUT2D eigenvalue weighted by molar-refractivity contribution is 0.109. The molecule has 0 saturated carbocycles. The summed E-state index contributed by atoms with van der Waals surface area (Å²) in [4.78, 5) is 4.30. The molecule has 1 aliphatic rings. The first-order valence-corrected chi connectivity index (χ1v) is 6.54. The Morgan fingerprint density at radius 3 is 3.00 bits per heavy atom. The largest absolute Gasteiger partial charge is 0.378 e. The smallest absolute Gasteiger partial charge is 0.232 e. The van der Waals surface area contributed by atoms with Gasteiger partial charge in [0.05, 0.1) is 12.5 Å². The van der Waals surface area contributed by atoms with Gasteiger partial charge in [0.15, 0.2) is 11.6 Å². The Balaban J connectivity index is 1.69. The number of aromatic nitrogens is 3. The summed E-state index contributed by atoms with van der Waals surface area (Å²) in [5.41, 5.74) is 0.959. The van der Waals surface area contributed by atoms with Crippen LogP contribution in [0.25, 0.3) is 0 Å². The van der Waals surface area contributed by atoms with Crippen LogP contribution < -0.4 is 0 Å². The normalized spacial score (nSPS) is 18.3. The van der Waals surface area contributed by atoms with Crippen molar-refractivity contribution in [1.82, 2.24) is 15.3 Å². The molecule has 2 aromatic heterocycles. The Bertz CT molecular complexity index is 634. The third-order valence-electron chi connectivity index (χ3n) is 3.31. The maximum absolute atomic E-state index is 9.03. The molecular weight excluding hydrogens is 260 g/mol. The second-order valence-electron chi connectivity index (χ2n) is 4.79. The van der Waals surface area contributed by atoms with E-state index in [2.05, 4.69) is 21.4 Å². The SMILES string of the molecule is Cc1onc(Cc2nc(CC3CCCO3)no2)c1C#N. The Morgan fingerprint density at radius 2 is 2.25 bits per heavy atom. The highest BCUT2D eigenvalue weighted by molar-refractivity contribution is 5.36. The zero-order valence-electron chi connectivity index (χ0n) is 11.1. The topological polar surface area (TPSA) is 98.0 Å². The second-order valence-corrected chi connectivity index (χ2v) is 4.79. The molecule has 104 valence electrons. The average molecular weight is 274 g/mol. The van der Waals surface area contributed by atoms with Gasteiger partial charge in [0.2, 0.25) is 5.89 Å². The lowest BCUT2D eigenvalue weighted by atomic mass is 10.1. The van der Waals surface area contributed by atoms with E-state index in [0.29, 0.717) is 41.6 Å². The first-order valence-electron chi connectivity index (χ1n) is 6.54. The van der Waals surface area contributed by atoms with E-state index in [1.807, 2.05) is 0 Å². The van der Waals surface area contributed by atoms with Gasteiger partial charge in [0, 0.05) is 13.0 Å². The summed E-state index contributed by atoms with van der Waals surface area (Å²) in [5, 5.41) is 16.8. The van der Waals surface area contributed by atoms with Crippen LogP contribution in [0.5, 0.6) is 0 Å². The third kappa shape index (κ3) is 2.56. The monoisotopic (exact) mass is 274 g/mol. The van der Waals surface area contributed by atoms with Gasteiger partial charge < -0.3 is 13.8 Å². The lowest BCUT2D eigenvalue weighted by Gasteiger charge is -2.03. The summed E-state index contributed by atoms with van der Waals surface area (Å²) in [6.07, 6.45) is 3.26. The molecule has 0 spiro atoms. The molecular formula is C13H14N4O3. The van der Waals surface area contributed by atoms with Crippen molar-refractivity contribution in [3.05, 3.63) is 28.7 Å². The first kappa shape index (κ1) is 12.8. The van der Waals surface area contributed by atoms with Crippen molar-refractivity contribution in [2.24, 2.45) is 0 Å². The molecule has 0 bridgehead atoms. The summed E-state index contributed by atoms with van der Waals surface area (Å²) < 4.78 is 15.7. The number of nitrogens with zero attached hydrogens (tertiary/aromatic N) is 4. The van der Waals surface area contributed by atoms with Gasteiger partial charge in [-0.05, 0) is 19.8 Å². The van der Waals surface area contributed by atoms with Gasteiger partial charge in [0.1, 0.15) is 17.3 Å². The lowest BCUT2D eigenvalue weighted by Crippen LogP contribution is -2.09. The highest BCUT2D eigenvalue weighted by Crippen LogP contribution is 2.18. The second kappa shape index (κ2) is 5.43. The zero-order chi connectivity index (χ0) is 13.9. The van der Waals surface area contributed by atoms with E-state index in [1.54, 1.807) is 6.92 Å². The molecule has 7 heteroatoms. The third-order valence-corrected chi connectivity index (χ3v) is 3.31. The van der Waals surface area contributed by atoms with Gasteiger partial charge in [-0.1, -0.05) is 10.3 Å². The minimum absolute atomic E-state index is 0.185. The van der Waals surface area contributed by atoms with Crippen LogP contribution in [0.4, 0.5) is 0 Å². The summed E-state index contributed by atoms with van der Waals surface area (Å²) in [5.74, 6) is 1.56. The number of hydrogen-bond acceptors (Lipinski definition) is 7. The minimum atomic E-state index is 0.185. The van der Waals surface area contributed by atoms with Crippen LogP contribution in [0.2, 0.25) is 0 Å². The Morgan fingerprint density at radius 1 is 1.35 bits per heavy atom. The molecule has 1 unspecified atom stereocenters. The minimum Gasteiger partial charge on any atom is -0.378 e. The van der Waals surface area contributed by atoms with E-state index in [4.69, 9.17) is 19.0 Å². The van der Waals surface area contributed by atoms with Gasteiger partial charge in [-0.2, -0.15) is 10.2 Å². The highest BCUT2D eigenvalue weighted by Gasteiger charge is 2.20. The number of aryl methyl sites for hydroxylation is 1. The quantitative estimate of drug-likeness (QED) is 0.834. The van der Waals surface area contributed by atoms with Crippen LogP contribution in [0.15, 0.2) is 9.05 Å². The highest BCUT2D eigenvalue weighted by atomic mass is 16.5. The predicted octanol–water partition coefficient (Wildman–Crippen LogP) is 1.55. The molecule has 0 N–H and O–H groups in total. The zero-order valence-corrected chi connectivity index (χ0v) is 11.1.